The third-order valence-corrected chi connectivity index (χ3v) is 5.07. The van der Waals surface area contributed by atoms with E-state index in [1.165, 1.54) is 52.8 Å². The van der Waals surface area contributed by atoms with Gasteiger partial charge in [0.25, 0.3) is 0 Å². The summed E-state index contributed by atoms with van der Waals surface area (Å²) in [5.74, 6) is 0.648. The molecule has 3 aromatic carbocycles. The van der Waals surface area contributed by atoms with Crippen LogP contribution >= 0.6 is 0 Å². The van der Waals surface area contributed by atoms with E-state index in [0.717, 1.165) is 0 Å². The monoisotopic (exact) mass is 275 g/mol. The average molecular weight is 275 g/mol. The van der Waals surface area contributed by atoms with E-state index < -0.39 is 0 Å². The molecule has 0 amide bonds. The van der Waals surface area contributed by atoms with Crippen molar-refractivity contribution in [1.82, 2.24) is 0 Å². The lowest BCUT2D eigenvalue weighted by Crippen LogP contribution is -2.19. The average Bonchev–Trinajstić information content (AvgIpc) is 3.08. The summed E-state index contributed by atoms with van der Waals surface area (Å²) in [4.78, 5) is 0. The fraction of sp³-hybridized carbons (Fsp3) is 0.300. The van der Waals surface area contributed by atoms with Crippen molar-refractivity contribution in [2.45, 2.75) is 31.7 Å². The first kappa shape index (κ1) is 12.8. The molecule has 106 valence electrons. The molecule has 0 saturated heterocycles. The van der Waals surface area contributed by atoms with Gasteiger partial charge in [0, 0.05) is 6.04 Å². The molecule has 1 heteroatoms. The Morgan fingerprint density at radius 2 is 1.43 bits per heavy atom. The van der Waals surface area contributed by atoms with Gasteiger partial charge in [0.05, 0.1) is 0 Å². The van der Waals surface area contributed by atoms with Gasteiger partial charge in [-0.3, -0.25) is 0 Å². The van der Waals surface area contributed by atoms with E-state index >= 15 is 0 Å². The van der Waals surface area contributed by atoms with E-state index in [2.05, 4.69) is 54.6 Å². The van der Waals surface area contributed by atoms with Crippen LogP contribution < -0.4 is 5.73 Å². The van der Waals surface area contributed by atoms with Gasteiger partial charge in [-0.1, -0.05) is 61.4 Å². The highest BCUT2D eigenvalue weighted by atomic mass is 14.7. The second kappa shape index (κ2) is 5.16. The van der Waals surface area contributed by atoms with Gasteiger partial charge in [-0.15, -0.1) is 0 Å². The molecule has 4 rings (SSSR count). The van der Waals surface area contributed by atoms with Crippen molar-refractivity contribution in [3.63, 3.8) is 0 Å². The number of hydrogen-bond donors (Lipinski definition) is 1. The summed E-state index contributed by atoms with van der Waals surface area (Å²) in [6, 6.07) is 19.8. The predicted molar refractivity (Wildman–Crippen MR) is 90.3 cm³/mol. The molecule has 0 heterocycles. The van der Waals surface area contributed by atoms with Crippen LogP contribution in [0.25, 0.3) is 21.5 Å². The van der Waals surface area contributed by atoms with Crippen molar-refractivity contribution >= 4 is 21.5 Å². The molecular formula is C20H21N. The van der Waals surface area contributed by atoms with Crippen molar-refractivity contribution in [3.05, 3.63) is 60.2 Å². The van der Waals surface area contributed by atoms with Crippen molar-refractivity contribution in [2.75, 3.05) is 0 Å². The maximum absolute atomic E-state index is 6.66. The zero-order valence-corrected chi connectivity index (χ0v) is 12.3. The molecule has 3 aromatic rings. The minimum absolute atomic E-state index is 0.169. The Balaban J connectivity index is 1.97. The van der Waals surface area contributed by atoms with Gasteiger partial charge in [0.15, 0.2) is 0 Å². The first-order valence-electron chi connectivity index (χ1n) is 8.00. The lowest BCUT2D eigenvalue weighted by Gasteiger charge is -2.22. The first-order valence-corrected chi connectivity index (χ1v) is 8.00. The van der Waals surface area contributed by atoms with Crippen LogP contribution in [0.15, 0.2) is 54.6 Å². The Kier molecular flexibility index (Phi) is 3.16. The third kappa shape index (κ3) is 2.13. The van der Waals surface area contributed by atoms with Crippen LogP contribution in [0, 0.1) is 5.92 Å². The van der Waals surface area contributed by atoms with E-state index in [4.69, 9.17) is 5.73 Å². The molecule has 21 heavy (non-hydrogen) atoms. The van der Waals surface area contributed by atoms with Crippen LogP contribution in [0.2, 0.25) is 0 Å². The number of rotatable bonds is 2. The molecule has 1 saturated carbocycles. The first-order chi connectivity index (χ1) is 10.3. The Morgan fingerprint density at radius 3 is 2.19 bits per heavy atom. The quantitative estimate of drug-likeness (QED) is 0.640. The summed E-state index contributed by atoms with van der Waals surface area (Å²) in [7, 11) is 0. The second-order valence-electron chi connectivity index (χ2n) is 6.30. The molecule has 1 nitrogen and oxygen atoms in total. The summed E-state index contributed by atoms with van der Waals surface area (Å²) >= 11 is 0. The Morgan fingerprint density at radius 1 is 0.810 bits per heavy atom. The number of benzene rings is 3. The van der Waals surface area contributed by atoms with Gasteiger partial charge in [-0.2, -0.15) is 0 Å². The fourth-order valence-electron chi connectivity index (χ4n) is 3.93. The van der Waals surface area contributed by atoms with E-state index in [9.17, 15) is 0 Å². The topological polar surface area (TPSA) is 26.0 Å². The van der Waals surface area contributed by atoms with Crippen molar-refractivity contribution < 1.29 is 0 Å². The van der Waals surface area contributed by atoms with Crippen molar-refractivity contribution in [3.8, 4) is 0 Å². The van der Waals surface area contributed by atoms with Crippen LogP contribution in [0.4, 0.5) is 0 Å². The van der Waals surface area contributed by atoms with Crippen LogP contribution in [0.1, 0.15) is 37.3 Å². The minimum atomic E-state index is 0.169. The van der Waals surface area contributed by atoms with E-state index in [1.807, 2.05) is 0 Å². The smallest absolute Gasteiger partial charge is 0.0329 e. The summed E-state index contributed by atoms with van der Waals surface area (Å²) in [6.45, 7) is 0. The van der Waals surface area contributed by atoms with Crippen LogP contribution in [0.3, 0.4) is 0 Å². The summed E-state index contributed by atoms with van der Waals surface area (Å²) in [5, 5.41) is 5.30. The van der Waals surface area contributed by atoms with Crippen LogP contribution in [-0.2, 0) is 0 Å². The summed E-state index contributed by atoms with van der Waals surface area (Å²) < 4.78 is 0. The van der Waals surface area contributed by atoms with Gasteiger partial charge in [0.1, 0.15) is 0 Å². The Hall–Kier alpha value is -1.86. The third-order valence-electron chi connectivity index (χ3n) is 5.07. The normalized spacial score (nSPS) is 17.6. The second-order valence-corrected chi connectivity index (χ2v) is 6.30. The summed E-state index contributed by atoms with van der Waals surface area (Å²) in [5.41, 5.74) is 7.99. The zero-order valence-electron chi connectivity index (χ0n) is 12.3. The standard InChI is InChI=1S/C20H21N/c21-20(14-7-1-2-8-14)19-13-15-9-3-4-10-16(15)17-11-5-6-12-18(17)19/h3-6,9-14,20H,1-2,7-8,21H2/t20-/m1/s1. The van der Waals surface area contributed by atoms with E-state index in [1.54, 1.807) is 0 Å². The molecule has 1 fully saturated rings. The molecule has 0 aliphatic heterocycles. The highest BCUT2D eigenvalue weighted by molar-refractivity contribution is 6.09. The van der Waals surface area contributed by atoms with Crippen LogP contribution in [-0.4, -0.2) is 0 Å². The van der Waals surface area contributed by atoms with Crippen LogP contribution in [0.5, 0.6) is 0 Å². The SMILES string of the molecule is N[C@@H](c1cc2ccccc2c2ccccc12)C1CCCC1. The fourth-order valence-corrected chi connectivity index (χ4v) is 3.93. The molecular weight excluding hydrogens is 254 g/mol. The maximum atomic E-state index is 6.66. The molecule has 1 aliphatic rings. The molecule has 0 radical (unpaired) electrons. The number of hydrogen-bond acceptors (Lipinski definition) is 1. The van der Waals surface area contributed by atoms with E-state index in [0.29, 0.717) is 5.92 Å². The molecule has 0 spiro atoms. The van der Waals surface area contributed by atoms with Gasteiger partial charge in [-0.25, -0.2) is 0 Å². The van der Waals surface area contributed by atoms with Crippen molar-refractivity contribution in [2.24, 2.45) is 11.7 Å². The van der Waals surface area contributed by atoms with Crippen molar-refractivity contribution in [1.29, 1.82) is 0 Å². The number of nitrogens with two attached hydrogens (primary N) is 1. The van der Waals surface area contributed by atoms with Gasteiger partial charge >= 0.3 is 0 Å². The molecule has 0 bridgehead atoms. The largest absolute Gasteiger partial charge is 0.324 e. The molecule has 0 unspecified atom stereocenters. The van der Waals surface area contributed by atoms with Gasteiger partial charge in [0.2, 0.25) is 0 Å². The molecule has 1 atom stereocenters. The number of fused-ring (bicyclic) bond motifs is 3. The Labute approximate surface area is 125 Å². The lowest BCUT2D eigenvalue weighted by atomic mass is 9.87. The zero-order chi connectivity index (χ0) is 14.2. The summed E-state index contributed by atoms with van der Waals surface area (Å²) in [6.07, 6.45) is 5.23. The lowest BCUT2D eigenvalue weighted by molar-refractivity contribution is 0.447. The van der Waals surface area contributed by atoms with E-state index in [-0.39, 0.29) is 6.04 Å². The maximum Gasteiger partial charge on any atom is 0.0329 e. The Bertz CT molecular complexity index is 784. The van der Waals surface area contributed by atoms with Gasteiger partial charge in [-0.05, 0) is 51.9 Å². The molecule has 1 aliphatic carbocycles. The predicted octanol–water partition coefficient (Wildman–Crippen LogP) is 5.18. The minimum Gasteiger partial charge on any atom is -0.324 e. The van der Waals surface area contributed by atoms with Gasteiger partial charge < -0.3 is 5.73 Å². The molecule has 2 N–H and O–H groups in total. The highest BCUT2D eigenvalue weighted by Crippen LogP contribution is 2.38. The highest BCUT2D eigenvalue weighted by Gasteiger charge is 2.24. The molecule has 0 aromatic heterocycles.